The van der Waals surface area contributed by atoms with E-state index in [1.807, 2.05) is 0 Å². The summed E-state index contributed by atoms with van der Waals surface area (Å²) in [4.78, 5) is 0. The van der Waals surface area contributed by atoms with Crippen LogP contribution in [0.4, 0.5) is 0 Å². The maximum Gasteiger partial charge on any atom is 0.0359 e. The van der Waals surface area contributed by atoms with Crippen molar-refractivity contribution < 1.29 is 0 Å². The minimum Gasteiger partial charge on any atom is -0.351 e. The van der Waals surface area contributed by atoms with E-state index >= 15 is 0 Å². The summed E-state index contributed by atoms with van der Waals surface area (Å²) >= 11 is 0. The molecular weight excluding hydrogens is 184 g/mol. The summed E-state index contributed by atoms with van der Waals surface area (Å²) in [5.74, 6) is 0. The lowest BCUT2D eigenvalue weighted by atomic mass is 9.90. The summed E-state index contributed by atoms with van der Waals surface area (Å²) in [5, 5.41) is 3.53. The van der Waals surface area contributed by atoms with Crippen LogP contribution in [0, 0.1) is 5.41 Å². The lowest BCUT2D eigenvalue weighted by Crippen LogP contribution is -2.29. The van der Waals surface area contributed by atoms with Crippen LogP contribution in [-0.2, 0) is 13.1 Å². The normalized spacial score (nSPS) is 12.0. The molecule has 0 amide bonds. The summed E-state index contributed by atoms with van der Waals surface area (Å²) in [6.45, 7) is 12.2. The Labute approximate surface area is 93.7 Å². The number of aromatic nitrogens is 1. The van der Waals surface area contributed by atoms with Gasteiger partial charge in [-0.1, -0.05) is 20.8 Å². The largest absolute Gasteiger partial charge is 0.351 e. The molecule has 1 heterocycles. The first-order chi connectivity index (χ1) is 7.09. The first-order valence-electron chi connectivity index (χ1n) is 5.94. The Hall–Kier alpha value is -0.760. The molecule has 0 aliphatic heterocycles. The Morgan fingerprint density at radius 1 is 1.33 bits per heavy atom. The van der Waals surface area contributed by atoms with Crippen LogP contribution < -0.4 is 5.32 Å². The Morgan fingerprint density at radius 2 is 2.07 bits per heavy atom. The zero-order valence-corrected chi connectivity index (χ0v) is 10.5. The molecule has 0 atom stereocenters. The maximum atomic E-state index is 3.53. The Morgan fingerprint density at radius 3 is 2.67 bits per heavy atom. The van der Waals surface area contributed by atoms with E-state index in [1.165, 1.54) is 12.1 Å². The lowest BCUT2D eigenvalue weighted by Gasteiger charge is -2.23. The summed E-state index contributed by atoms with van der Waals surface area (Å²) in [6, 6.07) is 4.31. The third-order valence-corrected chi connectivity index (χ3v) is 3.13. The fourth-order valence-corrected chi connectivity index (χ4v) is 1.57. The number of hydrogen-bond acceptors (Lipinski definition) is 1. The number of aryl methyl sites for hydroxylation is 1. The van der Waals surface area contributed by atoms with E-state index in [1.54, 1.807) is 0 Å². The molecule has 2 heteroatoms. The molecule has 0 saturated carbocycles. The molecule has 0 saturated heterocycles. The van der Waals surface area contributed by atoms with Crippen LogP contribution in [0.15, 0.2) is 18.3 Å². The van der Waals surface area contributed by atoms with Crippen molar-refractivity contribution in [1.82, 2.24) is 9.88 Å². The third-order valence-electron chi connectivity index (χ3n) is 3.13. The van der Waals surface area contributed by atoms with E-state index in [4.69, 9.17) is 0 Å². The molecule has 1 aromatic rings. The Kier molecular flexibility index (Phi) is 4.40. The number of rotatable bonds is 6. The van der Waals surface area contributed by atoms with Crippen molar-refractivity contribution in [3.8, 4) is 0 Å². The molecule has 0 radical (unpaired) electrons. The van der Waals surface area contributed by atoms with Crippen LogP contribution in [-0.4, -0.2) is 11.1 Å². The molecule has 0 unspecified atom stereocenters. The molecule has 0 aliphatic carbocycles. The van der Waals surface area contributed by atoms with E-state index in [2.05, 4.69) is 55.9 Å². The highest BCUT2D eigenvalue weighted by molar-refractivity contribution is 5.06. The van der Waals surface area contributed by atoms with Crippen LogP contribution in [0.5, 0.6) is 0 Å². The third kappa shape index (κ3) is 3.71. The minimum atomic E-state index is 0.406. The zero-order valence-electron chi connectivity index (χ0n) is 10.5. The van der Waals surface area contributed by atoms with E-state index in [0.29, 0.717) is 5.41 Å². The van der Waals surface area contributed by atoms with Crippen LogP contribution in [0.1, 0.15) is 39.8 Å². The zero-order chi connectivity index (χ0) is 11.3. The summed E-state index contributed by atoms with van der Waals surface area (Å²) in [5.41, 5.74) is 1.79. The van der Waals surface area contributed by atoms with Gasteiger partial charge < -0.3 is 9.88 Å². The van der Waals surface area contributed by atoms with Crippen molar-refractivity contribution in [1.29, 1.82) is 0 Å². The maximum absolute atomic E-state index is 3.53. The number of nitrogens with zero attached hydrogens (tertiary/aromatic N) is 1. The van der Waals surface area contributed by atoms with Gasteiger partial charge in [0.2, 0.25) is 0 Å². The van der Waals surface area contributed by atoms with E-state index in [9.17, 15) is 0 Å². The van der Waals surface area contributed by atoms with Crippen molar-refractivity contribution in [2.24, 2.45) is 5.41 Å². The van der Waals surface area contributed by atoms with E-state index in [0.717, 1.165) is 19.6 Å². The second-order valence-corrected chi connectivity index (χ2v) is 4.91. The van der Waals surface area contributed by atoms with Crippen molar-refractivity contribution >= 4 is 0 Å². The van der Waals surface area contributed by atoms with Crippen LogP contribution in [0.3, 0.4) is 0 Å². The molecule has 1 N–H and O–H groups in total. The molecule has 0 aromatic carbocycles. The molecule has 15 heavy (non-hydrogen) atoms. The van der Waals surface area contributed by atoms with Gasteiger partial charge in [0.1, 0.15) is 0 Å². The topological polar surface area (TPSA) is 17.0 Å². The highest BCUT2D eigenvalue weighted by Crippen LogP contribution is 2.17. The second kappa shape index (κ2) is 5.36. The van der Waals surface area contributed by atoms with Crippen molar-refractivity contribution in [2.45, 2.75) is 47.2 Å². The highest BCUT2D eigenvalue weighted by atomic mass is 15.0. The molecule has 86 valence electrons. The van der Waals surface area contributed by atoms with Crippen LogP contribution >= 0.6 is 0 Å². The smallest absolute Gasteiger partial charge is 0.0359 e. The second-order valence-electron chi connectivity index (χ2n) is 4.91. The van der Waals surface area contributed by atoms with E-state index in [-0.39, 0.29) is 0 Å². The lowest BCUT2D eigenvalue weighted by molar-refractivity contribution is 0.326. The molecule has 1 rings (SSSR count). The molecular formula is C13H24N2. The highest BCUT2D eigenvalue weighted by Gasteiger charge is 2.13. The Bertz CT molecular complexity index is 286. The van der Waals surface area contributed by atoms with E-state index < -0.39 is 0 Å². The first-order valence-corrected chi connectivity index (χ1v) is 5.94. The summed E-state index contributed by atoms with van der Waals surface area (Å²) in [7, 11) is 0. The van der Waals surface area contributed by atoms with Gasteiger partial charge in [-0.15, -0.1) is 0 Å². The van der Waals surface area contributed by atoms with Gasteiger partial charge >= 0.3 is 0 Å². The quantitative estimate of drug-likeness (QED) is 0.760. The molecule has 0 fully saturated rings. The average Bonchev–Trinajstić information content (AvgIpc) is 2.65. The fourth-order valence-electron chi connectivity index (χ4n) is 1.57. The summed E-state index contributed by atoms with van der Waals surface area (Å²) < 4.78 is 2.28. The predicted molar refractivity (Wildman–Crippen MR) is 65.9 cm³/mol. The van der Waals surface area contributed by atoms with Gasteiger partial charge in [-0.2, -0.15) is 0 Å². The van der Waals surface area contributed by atoms with Gasteiger partial charge in [0.05, 0.1) is 0 Å². The van der Waals surface area contributed by atoms with Crippen LogP contribution in [0.2, 0.25) is 0 Å². The van der Waals surface area contributed by atoms with Gasteiger partial charge in [-0.05, 0) is 30.9 Å². The van der Waals surface area contributed by atoms with Crippen molar-refractivity contribution in [3.63, 3.8) is 0 Å². The fraction of sp³-hybridized carbons (Fsp3) is 0.692. The molecule has 2 nitrogen and oxygen atoms in total. The Balaban J connectivity index is 2.38. The average molecular weight is 208 g/mol. The van der Waals surface area contributed by atoms with Crippen LogP contribution in [0.25, 0.3) is 0 Å². The summed E-state index contributed by atoms with van der Waals surface area (Å²) in [6.07, 6.45) is 3.36. The van der Waals surface area contributed by atoms with Gasteiger partial charge in [-0.3, -0.25) is 0 Å². The molecule has 1 aromatic heterocycles. The molecule has 0 aliphatic rings. The van der Waals surface area contributed by atoms with Crippen molar-refractivity contribution in [3.05, 3.63) is 24.0 Å². The van der Waals surface area contributed by atoms with Gasteiger partial charge in [0.25, 0.3) is 0 Å². The first kappa shape index (κ1) is 12.3. The number of hydrogen-bond donors (Lipinski definition) is 1. The molecule has 0 spiro atoms. The van der Waals surface area contributed by atoms with Gasteiger partial charge in [0, 0.05) is 31.5 Å². The van der Waals surface area contributed by atoms with Gasteiger partial charge in [-0.25, -0.2) is 0 Å². The monoisotopic (exact) mass is 208 g/mol. The SMILES string of the molecule is CCn1cccc1CNCC(C)(C)CC. The minimum absolute atomic E-state index is 0.406. The standard InChI is InChI=1S/C13H24N2/c1-5-13(3,4)11-14-10-12-8-7-9-15(12)6-2/h7-9,14H,5-6,10-11H2,1-4H3. The number of nitrogens with one attached hydrogen (secondary N) is 1. The van der Waals surface area contributed by atoms with Gasteiger partial charge in [0.15, 0.2) is 0 Å². The predicted octanol–water partition coefficient (Wildman–Crippen LogP) is 3.03. The molecule has 0 bridgehead atoms. The van der Waals surface area contributed by atoms with Crippen molar-refractivity contribution in [2.75, 3.05) is 6.54 Å².